The van der Waals surface area contributed by atoms with Crippen LogP contribution in [0.25, 0.3) is 6.08 Å². The van der Waals surface area contributed by atoms with Crippen LogP contribution >= 0.6 is 0 Å². The number of para-hydroxylation sites is 1. The van der Waals surface area contributed by atoms with Crippen LogP contribution in [0.4, 0.5) is 5.69 Å². The minimum Gasteiger partial charge on any atom is -0.507 e. The highest BCUT2D eigenvalue weighted by Gasteiger charge is 2.09. The summed E-state index contributed by atoms with van der Waals surface area (Å²) in [6.07, 6.45) is 3.10. The number of carbonyl (C=O) groups excluding carboxylic acids is 1. The van der Waals surface area contributed by atoms with Gasteiger partial charge in [-0.25, -0.2) is 0 Å². The van der Waals surface area contributed by atoms with Crippen LogP contribution in [0.5, 0.6) is 5.75 Å². The van der Waals surface area contributed by atoms with Gasteiger partial charge in [0.05, 0.1) is 0 Å². The minimum atomic E-state index is -0.0921. The number of benzene rings is 2. The predicted molar refractivity (Wildman–Crippen MR) is 91.3 cm³/mol. The van der Waals surface area contributed by atoms with E-state index in [2.05, 4.69) is 26.1 Å². The van der Waals surface area contributed by atoms with Gasteiger partial charge in [0.1, 0.15) is 5.75 Å². The van der Waals surface area contributed by atoms with Crippen molar-refractivity contribution >= 4 is 17.5 Å². The van der Waals surface area contributed by atoms with Gasteiger partial charge in [0.15, 0.2) is 5.78 Å². The summed E-state index contributed by atoms with van der Waals surface area (Å²) < 4.78 is 0. The molecular weight excluding hydrogens is 274 g/mol. The van der Waals surface area contributed by atoms with Gasteiger partial charge in [-0.2, -0.15) is 0 Å². The molecule has 0 radical (unpaired) electrons. The second kappa shape index (κ2) is 6.48. The second-order valence-corrected chi connectivity index (χ2v) is 6.21. The summed E-state index contributed by atoms with van der Waals surface area (Å²) in [4.78, 5) is 12.1. The van der Waals surface area contributed by atoms with Crippen molar-refractivity contribution in [1.29, 1.82) is 0 Å². The first-order valence-electron chi connectivity index (χ1n) is 7.24. The van der Waals surface area contributed by atoms with Gasteiger partial charge >= 0.3 is 0 Å². The van der Waals surface area contributed by atoms with E-state index in [1.54, 1.807) is 36.4 Å². The fourth-order valence-electron chi connectivity index (χ4n) is 2.04. The van der Waals surface area contributed by atoms with Crippen LogP contribution in [0.3, 0.4) is 0 Å². The molecule has 114 valence electrons. The molecule has 0 unspecified atom stereocenters. The molecule has 0 saturated heterocycles. The standard InChI is InChI=1S/C19H21NO2/c1-19(2,3)20-16-11-8-15(9-12-16)18(22)13-10-14-6-4-5-7-17(14)21/h4-13,20-21H,1-3H3/b13-10+. The Labute approximate surface area is 131 Å². The number of rotatable bonds is 4. The van der Waals surface area contributed by atoms with Crippen LogP contribution in [-0.4, -0.2) is 16.4 Å². The Morgan fingerprint density at radius 3 is 2.27 bits per heavy atom. The molecule has 3 heteroatoms. The Hall–Kier alpha value is -2.55. The summed E-state index contributed by atoms with van der Waals surface area (Å²) in [6, 6.07) is 14.3. The number of allylic oxidation sites excluding steroid dienone is 1. The summed E-state index contributed by atoms with van der Waals surface area (Å²) in [5.74, 6) is 0.0711. The molecule has 0 aromatic heterocycles. The molecule has 2 N–H and O–H groups in total. The molecule has 0 atom stereocenters. The van der Waals surface area contributed by atoms with Gasteiger partial charge in [0.2, 0.25) is 0 Å². The lowest BCUT2D eigenvalue weighted by molar-refractivity contribution is 0.104. The van der Waals surface area contributed by atoms with Gasteiger partial charge in [-0.1, -0.05) is 18.2 Å². The Morgan fingerprint density at radius 2 is 1.68 bits per heavy atom. The van der Waals surface area contributed by atoms with Gasteiger partial charge in [-0.05, 0) is 63.3 Å². The fourth-order valence-corrected chi connectivity index (χ4v) is 2.04. The number of aromatic hydroxyl groups is 1. The highest BCUT2D eigenvalue weighted by molar-refractivity contribution is 6.07. The third kappa shape index (κ3) is 4.48. The van der Waals surface area contributed by atoms with E-state index in [-0.39, 0.29) is 17.1 Å². The molecule has 0 bridgehead atoms. The monoisotopic (exact) mass is 295 g/mol. The van der Waals surface area contributed by atoms with Gasteiger partial charge in [0.25, 0.3) is 0 Å². The molecule has 0 fully saturated rings. The van der Waals surface area contributed by atoms with Crippen LogP contribution in [0, 0.1) is 0 Å². The molecule has 0 aliphatic heterocycles. The number of carbonyl (C=O) groups is 1. The summed E-state index contributed by atoms with van der Waals surface area (Å²) in [6.45, 7) is 6.25. The summed E-state index contributed by atoms with van der Waals surface area (Å²) in [7, 11) is 0. The van der Waals surface area contributed by atoms with Gasteiger partial charge < -0.3 is 10.4 Å². The zero-order valence-corrected chi connectivity index (χ0v) is 13.1. The average Bonchev–Trinajstić information content (AvgIpc) is 2.45. The Morgan fingerprint density at radius 1 is 1.05 bits per heavy atom. The van der Waals surface area contributed by atoms with E-state index in [4.69, 9.17) is 0 Å². The number of hydrogen-bond donors (Lipinski definition) is 2. The molecule has 0 heterocycles. The Balaban J connectivity index is 2.09. The molecule has 0 saturated carbocycles. The van der Waals surface area contributed by atoms with Crippen molar-refractivity contribution in [3.05, 3.63) is 65.7 Å². The predicted octanol–water partition coefficient (Wildman–Crippen LogP) is 4.50. The zero-order chi connectivity index (χ0) is 16.2. The van der Waals surface area contributed by atoms with E-state index in [9.17, 15) is 9.90 Å². The third-order valence-electron chi connectivity index (χ3n) is 3.04. The maximum Gasteiger partial charge on any atom is 0.185 e. The molecule has 3 nitrogen and oxygen atoms in total. The lowest BCUT2D eigenvalue weighted by Crippen LogP contribution is -2.25. The van der Waals surface area contributed by atoms with Crippen LogP contribution in [0.1, 0.15) is 36.7 Å². The quantitative estimate of drug-likeness (QED) is 0.645. The largest absolute Gasteiger partial charge is 0.507 e. The summed E-state index contributed by atoms with van der Waals surface area (Å²) in [5.41, 5.74) is 2.21. The number of phenols is 1. The van der Waals surface area contributed by atoms with Crippen molar-refractivity contribution in [3.8, 4) is 5.75 Å². The van der Waals surface area contributed by atoms with E-state index >= 15 is 0 Å². The van der Waals surface area contributed by atoms with Gasteiger partial charge in [0, 0.05) is 22.4 Å². The molecule has 0 amide bonds. The summed E-state index contributed by atoms with van der Waals surface area (Å²) in [5, 5.41) is 13.0. The van der Waals surface area contributed by atoms with E-state index in [1.165, 1.54) is 6.08 Å². The maximum atomic E-state index is 12.1. The van der Waals surface area contributed by atoms with Crippen LogP contribution in [0.15, 0.2) is 54.6 Å². The normalized spacial score (nSPS) is 11.6. The van der Waals surface area contributed by atoms with Crippen molar-refractivity contribution in [3.63, 3.8) is 0 Å². The number of anilines is 1. The van der Waals surface area contributed by atoms with E-state index in [1.807, 2.05) is 18.2 Å². The topological polar surface area (TPSA) is 49.3 Å². The molecule has 22 heavy (non-hydrogen) atoms. The number of ketones is 1. The minimum absolute atomic E-state index is 0.0176. The maximum absolute atomic E-state index is 12.1. The van der Waals surface area contributed by atoms with Crippen molar-refractivity contribution in [1.82, 2.24) is 0 Å². The molecule has 0 aliphatic rings. The SMILES string of the molecule is CC(C)(C)Nc1ccc(C(=O)/C=C/c2ccccc2O)cc1. The average molecular weight is 295 g/mol. The van der Waals surface area contributed by atoms with Crippen molar-refractivity contribution in [2.45, 2.75) is 26.3 Å². The highest BCUT2D eigenvalue weighted by Crippen LogP contribution is 2.18. The van der Waals surface area contributed by atoms with Gasteiger partial charge in [-0.3, -0.25) is 4.79 Å². The number of hydrogen-bond acceptors (Lipinski definition) is 3. The lowest BCUT2D eigenvalue weighted by atomic mass is 10.1. The molecule has 2 rings (SSSR count). The molecule has 0 spiro atoms. The fraction of sp³-hybridized carbons (Fsp3) is 0.211. The first-order chi connectivity index (χ1) is 10.3. The number of nitrogens with one attached hydrogen (secondary N) is 1. The van der Waals surface area contributed by atoms with Crippen LogP contribution < -0.4 is 5.32 Å². The van der Waals surface area contributed by atoms with Crippen molar-refractivity contribution in [2.75, 3.05) is 5.32 Å². The zero-order valence-electron chi connectivity index (χ0n) is 13.1. The van der Waals surface area contributed by atoms with Gasteiger partial charge in [-0.15, -0.1) is 0 Å². The van der Waals surface area contributed by atoms with E-state index in [0.717, 1.165) is 5.69 Å². The van der Waals surface area contributed by atoms with Crippen LogP contribution in [-0.2, 0) is 0 Å². The lowest BCUT2D eigenvalue weighted by Gasteiger charge is -2.22. The highest BCUT2D eigenvalue weighted by atomic mass is 16.3. The third-order valence-corrected chi connectivity index (χ3v) is 3.04. The first kappa shape index (κ1) is 15.8. The Bertz CT molecular complexity index is 679. The first-order valence-corrected chi connectivity index (χ1v) is 7.24. The smallest absolute Gasteiger partial charge is 0.185 e. The second-order valence-electron chi connectivity index (χ2n) is 6.21. The Kier molecular flexibility index (Phi) is 4.66. The van der Waals surface area contributed by atoms with Crippen molar-refractivity contribution < 1.29 is 9.90 Å². The van der Waals surface area contributed by atoms with E-state index in [0.29, 0.717) is 11.1 Å². The molecular formula is C19H21NO2. The van der Waals surface area contributed by atoms with Crippen molar-refractivity contribution in [2.24, 2.45) is 0 Å². The number of phenolic OH excluding ortho intramolecular Hbond substituents is 1. The molecule has 2 aromatic rings. The molecule has 2 aromatic carbocycles. The van der Waals surface area contributed by atoms with Crippen LogP contribution in [0.2, 0.25) is 0 Å². The summed E-state index contributed by atoms with van der Waals surface area (Å²) >= 11 is 0. The molecule has 0 aliphatic carbocycles. The van der Waals surface area contributed by atoms with E-state index < -0.39 is 0 Å².